The lowest BCUT2D eigenvalue weighted by atomic mass is 9.99. The van der Waals surface area contributed by atoms with Gasteiger partial charge in [-0.3, -0.25) is 0 Å². The van der Waals surface area contributed by atoms with Crippen LogP contribution in [0.15, 0.2) is 54.6 Å². The van der Waals surface area contributed by atoms with Crippen LogP contribution in [0.1, 0.15) is 109 Å². The molecule has 0 spiro atoms. The zero-order valence-electron chi connectivity index (χ0n) is 19.0. The molecule has 0 atom stereocenters. The quantitative estimate of drug-likeness (QED) is 0.185. The van der Waals surface area contributed by atoms with Crippen LogP contribution in [-0.2, 0) is 6.42 Å². The molecule has 0 heteroatoms. The predicted molar refractivity (Wildman–Crippen MR) is 132 cm³/mol. The van der Waals surface area contributed by atoms with Crippen molar-refractivity contribution in [3.8, 4) is 0 Å². The fraction of sp³-hybridized carbons (Fsp3) is 0.586. The van der Waals surface area contributed by atoms with Crippen molar-refractivity contribution in [2.75, 3.05) is 0 Å². The van der Waals surface area contributed by atoms with E-state index in [1.165, 1.54) is 119 Å². The average molecular weight is 393 g/mol. The summed E-state index contributed by atoms with van der Waals surface area (Å²) >= 11 is 0. The Morgan fingerprint density at radius 2 is 1.10 bits per heavy atom. The smallest absolute Gasteiger partial charge is 0.0152 e. The number of benzene rings is 2. The molecule has 0 unspecified atom stereocenters. The second-order valence-corrected chi connectivity index (χ2v) is 8.68. The Kier molecular flexibility index (Phi) is 13.3. The summed E-state index contributed by atoms with van der Waals surface area (Å²) in [6.45, 7) is 2.29. The van der Waals surface area contributed by atoms with Crippen LogP contribution in [0.25, 0.3) is 10.8 Å². The van der Waals surface area contributed by atoms with E-state index >= 15 is 0 Å². The van der Waals surface area contributed by atoms with Crippen molar-refractivity contribution in [3.63, 3.8) is 0 Å². The minimum Gasteiger partial charge on any atom is -0.0885 e. The largest absolute Gasteiger partial charge is 0.0885 e. The Labute approximate surface area is 180 Å². The lowest BCUT2D eigenvalue weighted by Crippen LogP contribution is -1.88. The molecule has 2 aromatic rings. The molecule has 29 heavy (non-hydrogen) atoms. The van der Waals surface area contributed by atoms with Gasteiger partial charge in [0, 0.05) is 0 Å². The van der Waals surface area contributed by atoms with Crippen LogP contribution in [0.5, 0.6) is 0 Å². The molecule has 2 aromatic carbocycles. The van der Waals surface area contributed by atoms with Crippen LogP contribution >= 0.6 is 0 Å². The van der Waals surface area contributed by atoms with Gasteiger partial charge in [0.05, 0.1) is 0 Å². The van der Waals surface area contributed by atoms with Crippen LogP contribution < -0.4 is 0 Å². The highest BCUT2D eigenvalue weighted by Crippen LogP contribution is 2.20. The first-order chi connectivity index (χ1) is 14.4. The molecular formula is C29H44. The Balaban J connectivity index is 1.39. The molecule has 0 radical (unpaired) electrons. The minimum atomic E-state index is 1.22. The molecule has 0 heterocycles. The van der Waals surface area contributed by atoms with Crippen molar-refractivity contribution in [1.82, 2.24) is 0 Å². The zero-order valence-corrected chi connectivity index (χ0v) is 19.0. The summed E-state index contributed by atoms with van der Waals surface area (Å²) in [5.41, 5.74) is 1.52. The van der Waals surface area contributed by atoms with Gasteiger partial charge in [-0.25, -0.2) is 0 Å². The van der Waals surface area contributed by atoms with E-state index < -0.39 is 0 Å². The summed E-state index contributed by atoms with van der Waals surface area (Å²) in [6.07, 6.45) is 26.8. The van der Waals surface area contributed by atoms with Gasteiger partial charge < -0.3 is 0 Å². The second-order valence-electron chi connectivity index (χ2n) is 8.68. The van der Waals surface area contributed by atoms with Crippen LogP contribution in [0.2, 0.25) is 0 Å². The first-order valence-electron chi connectivity index (χ1n) is 12.5. The van der Waals surface area contributed by atoms with Crippen molar-refractivity contribution < 1.29 is 0 Å². The van der Waals surface area contributed by atoms with Crippen molar-refractivity contribution in [2.45, 2.75) is 110 Å². The number of unbranched alkanes of at least 4 members (excludes halogenated alkanes) is 13. The fourth-order valence-electron chi connectivity index (χ4n) is 4.25. The molecule has 2 rings (SSSR count). The van der Waals surface area contributed by atoms with Crippen molar-refractivity contribution in [1.29, 1.82) is 0 Å². The monoisotopic (exact) mass is 392 g/mol. The molecule has 0 fully saturated rings. The van der Waals surface area contributed by atoms with Gasteiger partial charge >= 0.3 is 0 Å². The lowest BCUT2D eigenvalue weighted by Gasteiger charge is -2.06. The summed E-state index contributed by atoms with van der Waals surface area (Å²) in [5, 5.41) is 2.82. The van der Waals surface area contributed by atoms with E-state index in [2.05, 4.69) is 61.5 Å². The van der Waals surface area contributed by atoms with Gasteiger partial charge in [-0.2, -0.15) is 0 Å². The number of allylic oxidation sites excluding steroid dienone is 2. The third kappa shape index (κ3) is 10.7. The van der Waals surface area contributed by atoms with Gasteiger partial charge in [0.2, 0.25) is 0 Å². The maximum atomic E-state index is 2.43. The van der Waals surface area contributed by atoms with Crippen molar-refractivity contribution in [2.24, 2.45) is 0 Å². The predicted octanol–water partition coefficient (Wildman–Crippen LogP) is 9.81. The standard InChI is InChI=1S/C29H44/c1-2-3-4-5-6-7-8-9-10-11-12-13-14-15-16-17-18-22-27-24-21-25-28-23-19-20-26-29(27)28/h10-11,19-21,23-26H,2-9,12-18,22H2,1H3/b11-10+. The van der Waals surface area contributed by atoms with E-state index in [4.69, 9.17) is 0 Å². The summed E-state index contributed by atoms with van der Waals surface area (Å²) < 4.78 is 0. The first kappa shape index (κ1) is 23.7. The summed E-state index contributed by atoms with van der Waals surface area (Å²) in [7, 11) is 0. The van der Waals surface area contributed by atoms with Gasteiger partial charge in [0.1, 0.15) is 0 Å². The molecule has 0 aromatic heterocycles. The molecule has 0 nitrogen and oxygen atoms in total. The Hall–Kier alpha value is -1.56. The number of hydrogen-bond donors (Lipinski definition) is 0. The molecule has 0 aliphatic heterocycles. The van der Waals surface area contributed by atoms with E-state index in [1.807, 2.05) is 0 Å². The highest BCUT2D eigenvalue weighted by Gasteiger charge is 2.00. The van der Waals surface area contributed by atoms with Gasteiger partial charge in [-0.05, 0) is 54.9 Å². The third-order valence-electron chi connectivity index (χ3n) is 6.09. The highest BCUT2D eigenvalue weighted by atomic mass is 14.0. The molecule has 0 saturated carbocycles. The van der Waals surface area contributed by atoms with E-state index in [1.54, 1.807) is 0 Å². The van der Waals surface area contributed by atoms with Crippen LogP contribution in [0.4, 0.5) is 0 Å². The normalized spacial score (nSPS) is 11.6. The topological polar surface area (TPSA) is 0 Å². The highest BCUT2D eigenvalue weighted by molar-refractivity contribution is 5.85. The Morgan fingerprint density at radius 1 is 0.552 bits per heavy atom. The van der Waals surface area contributed by atoms with E-state index in [-0.39, 0.29) is 0 Å². The van der Waals surface area contributed by atoms with Gasteiger partial charge in [-0.1, -0.05) is 126 Å². The summed E-state index contributed by atoms with van der Waals surface area (Å²) in [6, 6.07) is 15.5. The summed E-state index contributed by atoms with van der Waals surface area (Å²) in [5.74, 6) is 0. The molecule has 0 amide bonds. The molecule has 160 valence electrons. The van der Waals surface area contributed by atoms with Crippen LogP contribution in [0.3, 0.4) is 0 Å². The number of fused-ring (bicyclic) bond motifs is 1. The van der Waals surface area contributed by atoms with E-state index in [9.17, 15) is 0 Å². The number of aryl methyl sites for hydroxylation is 1. The fourth-order valence-corrected chi connectivity index (χ4v) is 4.25. The van der Waals surface area contributed by atoms with Crippen LogP contribution in [-0.4, -0.2) is 0 Å². The Morgan fingerprint density at radius 3 is 1.79 bits per heavy atom. The molecule has 0 saturated heterocycles. The van der Waals surface area contributed by atoms with Crippen molar-refractivity contribution in [3.05, 3.63) is 60.2 Å². The first-order valence-corrected chi connectivity index (χ1v) is 12.5. The van der Waals surface area contributed by atoms with E-state index in [0.29, 0.717) is 0 Å². The molecular weight excluding hydrogens is 348 g/mol. The molecule has 0 aliphatic rings. The van der Waals surface area contributed by atoms with E-state index in [0.717, 1.165) is 0 Å². The molecule has 0 bridgehead atoms. The SMILES string of the molecule is CCCCCCCCC/C=C/CCCCCCCCc1cccc2ccccc12. The minimum absolute atomic E-state index is 1.22. The van der Waals surface area contributed by atoms with Crippen molar-refractivity contribution >= 4 is 10.8 Å². The third-order valence-corrected chi connectivity index (χ3v) is 6.09. The average Bonchev–Trinajstić information content (AvgIpc) is 2.76. The van der Waals surface area contributed by atoms with Gasteiger partial charge in [-0.15, -0.1) is 0 Å². The maximum Gasteiger partial charge on any atom is -0.0152 e. The molecule has 0 N–H and O–H groups in total. The lowest BCUT2D eigenvalue weighted by molar-refractivity contribution is 0.590. The second kappa shape index (κ2) is 16.3. The maximum absolute atomic E-state index is 2.43. The number of hydrogen-bond acceptors (Lipinski definition) is 0. The van der Waals surface area contributed by atoms with Gasteiger partial charge in [0.15, 0.2) is 0 Å². The van der Waals surface area contributed by atoms with Gasteiger partial charge in [0.25, 0.3) is 0 Å². The number of rotatable bonds is 17. The molecule has 0 aliphatic carbocycles. The Bertz CT molecular complexity index is 661. The van der Waals surface area contributed by atoms with Crippen LogP contribution in [0, 0.1) is 0 Å². The zero-order chi connectivity index (χ0) is 20.4. The summed E-state index contributed by atoms with van der Waals surface area (Å²) in [4.78, 5) is 0.